The van der Waals surface area contributed by atoms with Crippen LogP contribution in [0.1, 0.15) is 22.5 Å². The van der Waals surface area contributed by atoms with Crippen LogP contribution in [0.25, 0.3) is 0 Å². The van der Waals surface area contributed by atoms with Crippen LogP contribution in [-0.4, -0.2) is 24.9 Å². The maximum Gasteiger partial charge on any atom is 0.217 e. The van der Waals surface area contributed by atoms with E-state index in [0.717, 1.165) is 19.2 Å². The van der Waals surface area contributed by atoms with Gasteiger partial charge in [-0.05, 0) is 39.4 Å². The summed E-state index contributed by atoms with van der Waals surface area (Å²) in [6.45, 7) is 2.17. The van der Waals surface area contributed by atoms with Crippen LogP contribution in [0.4, 0.5) is 0 Å². The SMILES string of the molecule is Cc1ccc([Si](Cn2ccnc2BC(c2ccccc2)c2ccccc2)(c2ccccc2)c2ccccc2)cc1. The van der Waals surface area contributed by atoms with Crippen molar-refractivity contribution in [2.24, 2.45) is 0 Å². The Kier molecular flexibility index (Phi) is 7.60. The average Bonchev–Trinajstić information content (AvgIpc) is 3.47. The van der Waals surface area contributed by atoms with Gasteiger partial charge in [0.15, 0.2) is 8.07 Å². The van der Waals surface area contributed by atoms with Crippen molar-refractivity contribution in [1.29, 1.82) is 0 Å². The Morgan fingerprint density at radius 1 is 0.600 bits per heavy atom. The van der Waals surface area contributed by atoms with Crippen LogP contribution in [0, 0.1) is 6.92 Å². The Bertz CT molecular complexity index is 1550. The second-order valence-corrected chi connectivity index (χ2v) is 14.4. The number of aryl methyl sites for hydroxylation is 1. The van der Waals surface area contributed by atoms with Gasteiger partial charge in [0.1, 0.15) is 0 Å². The summed E-state index contributed by atoms with van der Waals surface area (Å²) in [4.78, 5) is 4.97. The lowest BCUT2D eigenvalue weighted by Gasteiger charge is -2.35. The van der Waals surface area contributed by atoms with E-state index in [4.69, 9.17) is 4.98 Å². The number of hydrogen-bond acceptors (Lipinski definition) is 1. The molecule has 1 aromatic heterocycles. The van der Waals surface area contributed by atoms with Gasteiger partial charge >= 0.3 is 0 Å². The third-order valence-electron chi connectivity index (χ3n) is 8.08. The number of imidazole rings is 1. The molecule has 0 aliphatic heterocycles. The molecule has 0 fully saturated rings. The van der Waals surface area contributed by atoms with E-state index in [1.807, 2.05) is 6.20 Å². The van der Waals surface area contributed by atoms with Crippen molar-refractivity contribution in [1.82, 2.24) is 9.55 Å². The molecule has 0 saturated heterocycles. The fourth-order valence-corrected chi connectivity index (χ4v) is 10.6. The van der Waals surface area contributed by atoms with E-state index in [0.29, 0.717) is 0 Å². The van der Waals surface area contributed by atoms with Crippen molar-refractivity contribution in [2.75, 3.05) is 0 Å². The minimum atomic E-state index is -2.47. The molecule has 0 unspecified atom stereocenters. The third-order valence-corrected chi connectivity index (χ3v) is 12.8. The van der Waals surface area contributed by atoms with Gasteiger partial charge < -0.3 is 4.57 Å². The maximum atomic E-state index is 4.97. The van der Waals surface area contributed by atoms with Crippen LogP contribution >= 0.6 is 0 Å². The molecule has 0 saturated carbocycles. The third kappa shape index (κ3) is 5.23. The zero-order chi connectivity index (χ0) is 27.2. The standard InChI is InChI=1S/C36H33BN2Si/c1-29-22-24-34(25-23-29)40(32-18-10-4-11-19-32,33-20-12-5-13-21-33)28-39-27-26-38-36(39)37-35(30-14-6-2-7-15-30)31-16-8-3-9-17-31/h2-27,35,37H,28H2,1H3. The van der Waals surface area contributed by atoms with Crippen LogP contribution in [-0.2, 0) is 6.17 Å². The van der Waals surface area contributed by atoms with Gasteiger partial charge in [0.2, 0.25) is 7.28 Å². The highest BCUT2D eigenvalue weighted by Gasteiger charge is 2.40. The molecule has 0 aliphatic carbocycles. The highest BCUT2D eigenvalue weighted by Crippen LogP contribution is 2.23. The number of nitrogens with zero attached hydrogens (tertiary/aromatic N) is 2. The van der Waals surface area contributed by atoms with E-state index in [-0.39, 0.29) is 5.82 Å². The molecule has 0 N–H and O–H groups in total. The Labute approximate surface area is 239 Å². The first-order chi connectivity index (χ1) is 19.7. The van der Waals surface area contributed by atoms with E-state index >= 15 is 0 Å². The van der Waals surface area contributed by atoms with Crippen LogP contribution in [0.2, 0.25) is 0 Å². The lowest BCUT2D eigenvalue weighted by Crippen LogP contribution is -2.70. The summed E-state index contributed by atoms with van der Waals surface area (Å²) in [5.74, 6) is 0.229. The molecule has 0 bridgehead atoms. The van der Waals surface area contributed by atoms with Crippen molar-refractivity contribution in [2.45, 2.75) is 18.9 Å². The molecule has 0 radical (unpaired) electrons. The van der Waals surface area contributed by atoms with Crippen LogP contribution in [0.5, 0.6) is 0 Å². The summed E-state index contributed by atoms with van der Waals surface area (Å²) in [6, 6.07) is 53.2. The van der Waals surface area contributed by atoms with Crippen molar-refractivity contribution in [3.8, 4) is 0 Å². The summed E-state index contributed by atoms with van der Waals surface area (Å²) in [7, 11) is -1.63. The second-order valence-electron chi connectivity index (χ2n) is 10.6. The quantitative estimate of drug-likeness (QED) is 0.194. The number of aromatic nitrogens is 2. The van der Waals surface area contributed by atoms with E-state index < -0.39 is 8.07 Å². The molecule has 40 heavy (non-hydrogen) atoms. The van der Waals surface area contributed by atoms with Gasteiger partial charge in [-0.15, -0.1) is 0 Å². The fourth-order valence-electron chi connectivity index (χ4n) is 5.97. The molecule has 0 spiro atoms. The van der Waals surface area contributed by atoms with Gasteiger partial charge in [-0.2, -0.15) is 0 Å². The van der Waals surface area contributed by atoms with Gasteiger partial charge in [-0.1, -0.05) is 151 Å². The first-order valence-electron chi connectivity index (χ1n) is 14.0. The molecule has 6 rings (SSSR count). The minimum absolute atomic E-state index is 0.229. The number of benzene rings is 5. The lowest BCUT2D eigenvalue weighted by molar-refractivity contribution is 0.889. The van der Waals surface area contributed by atoms with Gasteiger partial charge in [0.25, 0.3) is 0 Å². The Balaban J connectivity index is 1.48. The van der Waals surface area contributed by atoms with Crippen LogP contribution in [0.3, 0.4) is 0 Å². The summed E-state index contributed by atoms with van der Waals surface area (Å²) >= 11 is 0. The van der Waals surface area contributed by atoms with Crippen LogP contribution in [0.15, 0.2) is 158 Å². The molecular formula is C36H33BN2Si. The normalized spacial score (nSPS) is 11.4. The van der Waals surface area contributed by atoms with E-state index in [1.165, 1.54) is 32.3 Å². The smallest absolute Gasteiger partial charge is 0.217 e. The summed E-state index contributed by atoms with van der Waals surface area (Å²) in [5.41, 5.74) is 5.03. The minimum Gasteiger partial charge on any atom is -0.345 e. The molecule has 4 heteroatoms. The Morgan fingerprint density at radius 3 is 1.55 bits per heavy atom. The van der Waals surface area contributed by atoms with Crippen molar-refractivity contribution < 1.29 is 0 Å². The first-order valence-corrected chi connectivity index (χ1v) is 16.2. The maximum absolute atomic E-state index is 4.97. The Morgan fingerprint density at radius 2 is 1.05 bits per heavy atom. The first kappa shape index (κ1) is 25.8. The zero-order valence-corrected chi connectivity index (χ0v) is 23.9. The Hall–Kier alpha value is -4.41. The van der Waals surface area contributed by atoms with E-state index in [9.17, 15) is 0 Å². The fraction of sp³-hybridized carbons (Fsp3) is 0.0833. The van der Waals surface area contributed by atoms with Gasteiger partial charge in [-0.3, -0.25) is 4.98 Å². The highest BCUT2D eigenvalue weighted by molar-refractivity contribution is 7.10. The molecule has 6 aromatic rings. The van der Waals surface area contributed by atoms with Gasteiger partial charge in [0, 0.05) is 18.6 Å². The molecule has 0 aliphatic rings. The summed E-state index contributed by atoms with van der Waals surface area (Å²) < 4.78 is 2.44. The van der Waals surface area contributed by atoms with Crippen LogP contribution < -0.4 is 21.3 Å². The molecule has 194 valence electrons. The topological polar surface area (TPSA) is 17.8 Å². The monoisotopic (exact) mass is 532 g/mol. The van der Waals surface area contributed by atoms with Gasteiger partial charge in [0.05, 0.1) is 5.72 Å². The van der Waals surface area contributed by atoms with Crippen molar-refractivity contribution in [3.05, 3.63) is 175 Å². The highest BCUT2D eigenvalue weighted by atomic mass is 28.3. The largest absolute Gasteiger partial charge is 0.345 e. The van der Waals surface area contributed by atoms with E-state index in [1.54, 1.807) is 0 Å². The summed E-state index contributed by atoms with van der Waals surface area (Å²) in [5, 5.41) is 4.23. The molecule has 0 amide bonds. The molecule has 2 nitrogen and oxygen atoms in total. The van der Waals surface area contributed by atoms with Crippen molar-refractivity contribution in [3.63, 3.8) is 0 Å². The average molecular weight is 533 g/mol. The van der Waals surface area contributed by atoms with Gasteiger partial charge in [-0.25, -0.2) is 0 Å². The molecule has 1 heterocycles. The lowest BCUT2D eigenvalue weighted by atomic mass is 9.58. The number of hydrogen-bond donors (Lipinski definition) is 0. The zero-order valence-electron chi connectivity index (χ0n) is 22.9. The summed E-state index contributed by atoms with van der Waals surface area (Å²) in [6.07, 6.45) is 5.05. The second kappa shape index (κ2) is 11.8. The molecular weight excluding hydrogens is 499 g/mol. The predicted molar refractivity (Wildman–Crippen MR) is 172 cm³/mol. The number of rotatable bonds is 9. The van der Waals surface area contributed by atoms with E-state index in [2.05, 4.69) is 163 Å². The predicted octanol–water partition coefficient (Wildman–Crippen LogP) is 4.75. The molecule has 5 aromatic carbocycles. The van der Waals surface area contributed by atoms with Crippen molar-refractivity contribution >= 4 is 36.6 Å². The molecule has 0 atom stereocenters.